The summed E-state index contributed by atoms with van der Waals surface area (Å²) < 4.78 is 0. The molecule has 8 heteroatoms. The Morgan fingerprint density at radius 2 is 1.45 bits per heavy atom. The van der Waals surface area contributed by atoms with Crippen molar-refractivity contribution in [2.24, 2.45) is 0 Å². The number of fused-ring (bicyclic) bond motifs is 1. The van der Waals surface area contributed by atoms with Crippen LogP contribution in [0.2, 0.25) is 0 Å². The summed E-state index contributed by atoms with van der Waals surface area (Å²) in [5.74, 6) is -0.510. The number of hydrogen-bond acceptors (Lipinski definition) is 5. The Bertz CT molecular complexity index is 1360. The Hall–Kier alpha value is -4.01. The van der Waals surface area contributed by atoms with Crippen LogP contribution in [0.25, 0.3) is 0 Å². The lowest BCUT2D eigenvalue weighted by atomic mass is 9.94. The minimum absolute atomic E-state index is 0.189. The zero-order valence-corrected chi connectivity index (χ0v) is 23.0. The Kier molecular flexibility index (Phi) is 7.12. The van der Waals surface area contributed by atoms with E-state index in [1.54, 1.807) is 0 Å². The Labute approximate surface area is 235 Å². The normalized spacial score (nSPS) is 22.1. The largest absolute Gasteiger partial charge is 0.342 e. The Morgan fingerprint density at radius 3 is 2.05 bits per heavy atom. The van der Waals surface area contributed by atoms with Crippen LogP contribution in [0.1, 0.15) is 58.9 Å². The molecule has 3 aromatic rings. The Balaban J connectivity index is 1.17. The molecule has 3 aliphatic rings. The van der Waals surface area contributed by atoms with Crippen LogP contribution in [0.5, 0.6) is 0 Å². The first-order chi connectivity index (χ1) is 19.4. The van der Waals surface area contributed by atoms with Gasteiger partial charge in [-0.1, -0.05) is 72.8 Å². The third-order valence-corrected chi connectivity index (χ3v) is 8.37. The molecule has 40 heavy (non-hydrogen) atoms. The number of piperazine rings is 1. The number of carbonyl (C=O) groups excluding carboxylic acids is 3. The van der Waals surface area contributed by atoms with Crippen LogP contribution in [-0.4, -0.2) is 69.4 Å². The number of amides is 4. The van der Waals surface area contributed by atoms with Crippen molar-refractivity contribution in [1.82, 2.24) is 25.1 Å². The number of rotatable bonds is 6. The van der Waals surface area contributed by atoms with Gasteiger partial charge in [0.25, 0.3) is 5.91 Å². The quantitative estimate of drug-likeness (QED) is 0.511. The molecule has 2 fully saturated rings. The molecule has 3 aromatic carbocycles. The molecule has 3 aliphatic heterocycles. The van der Waals surface area contributed by atoms with Crippen molar-refractivity contribution >= 4 is 17.8 Å². The van der Waals surface area contributed by atoms with Gasteiger partial charge in [0.15, 0.2) is 0 Å². The lowest BCUT2D eigenvalue weighted by Crippen LogP contribution is -2.56. The summed E-state index contributed by atoms with van der Waals surface area (Å²) in [4.78, 5) is 42.1. The monoisotopic (exact) mass is 537 g/mol. The molecule has 2 saturated heterocycles. The first-order valence-electron chi connectivity index (χ1n) is 14.0. The summed E-state index contributed by atoms with van der Waals surface area (Å²) in [6.07, 6.45) is 0.189. The number of nitrogens with one attached hydrogen (secondary N) is 1. The summed E-state index contributed by atoms with van der Waals surface area (Å²) in [6, 6.07) is 27.8. The molecule has 0 bridgehead atoms. The van der Waals surface area contributed by atoms with Gasteiger partial charge in [-0.3, -0.25) is 24.7 Å². The van der Waals surface area contributed by atoms with Crippen LogP contribution in [-0.2, 0) is 17.9 Å². The van der Waals surface area contributed by atoms with Crippen LogP contribution in [0.15, 0.2) is 78.9 Å². The smallest absolute Gasteiger partial charge is 0.291 e. The second kappa shape index (κ2) is 10.9. The zero-order chi connectivity index (χ0) is 27.8. The van der Waals surface area contributed by atoms with E-state index in [0.717, 1.165) is 30.8 Å². The summed E-state index contributed by atoms with van der Waals surface area (Å²) in [7, 11) is 0. The van der Waals surface area contributed by atoms with Crippen LogP contribution >= 0.6 is 0 Å². The Morgan fingerprint density at radius 1 is 0.825 bits per heavy atom. The second-order valence-electron chi connectivity index (χ2n) is 11.1. The van der Waals surface area contributed by atoms with Gasteiger partial charge < -0.3 is 0 Å². The molecule has 8 nitrogen and oxygen atoms in total. The van der Waals surface area contributed by atoms with E-state index in [-0.39, 0.29) is 30.8 Å². The molecule has 2 atom stereocenters. The molecule has 0 aliphatic carbocycles. The van der Waals surface area contributed by atoms with Gasteiger partial charge in [-0.15, -0.1) is 0 Å². The minimum Gasteiger partial charge on any atom is -0.291 e. The highest BCUT2D eigenvalue weighted by Crippen LogP contribution is 2.33. The maximum atomic E-state index is 13.1. The fourth-order valence-electron chi connectivity index (χ4n) is 6.45. The molecule has 3 heterocycles. The van der Waals surface area contributed by atoms with E-state index in [9.17, 15) is 14.4 Å². The number of imide groups is 1. The van der Waals surface area contributed by atoms with Crippen molar-refractivity contribution in [2.45, 2.75) is 51.5 Å². The summed E-state index contributed by atoms with van der Waals surface area (Å²) >= 11 is 0. The SMILES string of the molecule is CC1CN(C(c2ccccc2)c2ccccc2)CC(C)N1Cc1ccc2c(c1)CN(N1CCC(=O)NC1=O)C2=O. The van der Waals surface area contributed by atoms with Crippen molar-refractivity contribution in [1.29, 1.82) is 0 Å². The number of hydrazine groups is 1. The molecule has 6 rings (SSSR count). The molecular formula is C32H35N5O3. The molecule has 206 valence electrons. The third kappa shape index (κ3) is 5.00. The van der Waals surface area contributed by atoms with Crippen LogP contribution in [0, 0.1) is 0 Å². The van der Waals surface area contributed by atoms with E-state index in [4.69, 9.17) is 0 Å². The number of benzene rings is 3. The predicted molar refractivity (Wildman–Crippen MR) is 152 cm³/mol. The standard InChI is InChI=1S/C32H35N5O3/c1-22-18-34(30(25-9-5-3-6-10-25)26-11-7-4-8-12-26)19-23(2)35(22)20-24-13-14-28-27(17-24)21-37(31(28)39)36-16-15-29(38)33-32(36)40/h3-14,17,22-23,30H,15-16,18-21H2,1-2H3,(H,33,38,40). The zero-order valence-electron chi connectivity index (χ0n) is 23.0. The van der Waals surface area contributed by atoms with Gasteiger partial charge in [0.2, 0.25) is 5.91 Å². The van der Waals surface area contributed by atoms with Gasteiger partial charge in [-0.05, 0) is 42.2 Å². The third-order valence-electron chi connectivity index (χ3n) is 8.37. The van der Waals surface area contributed by atoms with E-state index < -0.39 is 6.03 Å². The van der Waals surface area contributed by atoms with Crippen LogP contribution in [0.4, 0.5) is 4.79 Å². The van der Waals surface area contributed by atoms with Crippen molar-refractivity contribution in [2.75, 3.05) is 19.6 Å². The molecule has 0 radical (unpaired) electrons. The fourth-order valence-corrected chi connectivity index (χ4v) is 6.45. The van der Waals surface area contributed by atoms with E-state index in [1.807, 2.05) is 12.1 Å². The lowest BCUT2D eigenvalue weighted by Gasteiger charge is -2.47. The molecule has 2 unspecified atom stereocenters. The van der Waals surface area contributed by atoms with E-state index in [0.29, 0.717) is 24.2 Å². The van der Waals surface area contributed by atoms with Gasteiger partial charge in [0.1, 0.15) is 0 Å². The maximum absolute atomic E-state index is 13.1. The molecule has 0 saturated carbocycles. The van der Waals surface area contributed by atoms with Crippen molar-refractivity contribution in [3.8, 4) is 0 Å². The maximum Gasteiger partial charge on any atom is 0.342 e. The molecule has 1 N–H and O–H groups in total. The van der Waals surface area contributed by atoms with Gasteiger partial charge in [0.05, 0.1) is 19.1 Å². The van der Waals surface area contributed by atoms with Gasteiger partial charge in [-0.2, -0.15) is 0 Å². The average molecular weight is 538 g/mol. The van der Waals surface area contributed by atoms with Crippen molar-refractivity contribution < 1.29 is 14.4 Å². The minimum atomic E-state index is -0.539. The second-order valence-corrected chi connectivity index (χ2v) is 11.1. The average Bonchev–Trinajstić information content (AvgIpc) is 3.27. The van der Waals surface area contributed by atoms with Gasteiger partial charge in [-0.25, -0.2) is 14.8 Å². The fraction of sp³-hybridized carbons (Fsp3) is 0.344. The van der Waals surface area contributed by atoms with Crippen molar-refractivity contribution in [3.05, 3.63) is 107 Å². The topological polar surface area (TPSA) is 76.2 Å². The highest BCUT2D eigenvalue weighted by Gasteiger charge is 2.38. The van der Waals surface area contributed by atoms with E-state index >= 15 is 0 Å². The molecular weight excluding hydrogens is 502 g/mol. The first-order valence-corrected chi connectivity index (χ1v) is 14.0. The first kappa shape index (κ1) is 26.2. The summed E-state index contributed by atoms with van der Waals surface area (Å²) in [5.41, 5.74) is 5.30. The molecule has 4 amide bonds. The summed E-state index contributed by atoms with van der Waals surface area (Å²) in [6.45, 7) is 7.81. The highest BCUT2D eigenvalue weighted by molar-refractivity contribution is 6.01. The molecule has 0 aromatic heterocycles. The van der Waals surface area contributed by atoms with E-state index in [1.165, 1.54) is 21.1 Å². The highest BCUT2D eigenvalue weighted by atomic mass is 16.2. The molecule has 0 spiro atoms. The number of hydrogen-bond donors (Lipinski definition) is 1. The van der Waals surface area contributed by atoms with E-state index in [2.05, 4.69) is 95.7 Å². The van der Waals surface area contributed by atoms with Crippen LogP contribution < -0.4 is 5.32 Å². The number of nitrogens with zero attached hydrogens (tertiary/aromatic N) is 4. The number of carbonyl (C=O) groups is 3. The van der Waals surface area contributed by atoms with Gasteiger partial charge >= 0.3 is 6.03 Å². The number of urea groups is 1. The van der Waals surface area contributed by atoms with Crippen molar-refractivity contribution in [3.63, 3.8) is 0 Å². The predicted octanol–water partition coefficient (Wildman–Crippen LogP) is 4.18. The lowest BCUT2D eigenvalue weighted by molar-refractivity contribution is -0.123. The van der Waals surface area contributed by atoms with Gasteiger partial charge in [0, 0.05) is 43.7 Å². The van der Waals surface area contributed by atoms with Crippen LogP contribution in [0.3, 0.4) is 0 Å². The summed E-state index contributed by atoms with van der Waals surface area (Å²) in [5, 5.41) is 5.11.